The lowest BCUT2D eigenvalue weighted by atomic mass is 9.95. The van der Waals surface area contributed by atoms with Crippen LogP contribution in [0.5, 0.6) is 0 Å². The van der Waals surface area contributed by atoms with E-state index in [4.69, 9.17) is 28.1 Å². The molecule has 0 spiro atoms. The highest BCUT2D eigenvalue weighted by atomic mass is 35.5. The second-order valence-electron chi connectivity index (χ2n) is 6.24. The van der Waals surface area contributed by atoms with Gasteiger partial charge in [0, 0.05) is 11.1 Å². The van der Waals surface area contributed by atoms with Crippen molar-refractivity contribution in [3.63, 3.8) is 0 Å². The Kier molecular flexibility index (Phi) is 8.39. The van der Waals surface area contributed by atoms with E-state index in [-0.39, 0.29) is 17.9 Å². The van der Waals surface area contributed by atoms with Gasteiger partial charge < -0.3 is 4.74 Å². The summed E-state index contributed by atoms with van der Waals surface area (Å²) in [5, 5.41) is 0.719. The molecule has 26 heavy (non-hydrogen) atoms. The molecule has 0 saturated heterocycles. The molecule has 0 saturated carbocycles. The number of hydrogen-bond acceptors (Lipinski definition) is 4. The minimum Gasteiger partial charge on any atom is -0.466 e. The van der Waals surface area contributed by atoms with Gasteiger partial charge in [0.25, 0.3) is 0 Å². The van der Waals surface area contributed by atoms with Crippen LogP contribution in [0.25, 0.3) is 11.1 Å². The summed E-state index contributed by atoms with van der Waals surface area (Å²) in [5.41, 5.74) is 6.34. The van der Waals surface area contributed by atoms with E-state index in [9.17, 15) is 4.79 Å². The smallest absolute Gasteiger partial charge is 0.308 e. The van der Waals surface area contributed by atoms with Crippen molar-refractivity contribution in [1.29, 1.82) is 0 Å². The van der Waals surface area contributed by atoms with Crippen molar-refractivity contribution in [1.82, 2.24) is 10.4 Å². The molecule has 0 amide bonds. The molecule has 2 N–H and O–H groups in total. The van der Waals surface area contributed by atoms with Crippen LogP contribution < -0.4 is 10.4 Å². The molecule has 2 atom stereocenters. The Morgan fingerprint density at radius 2 is 1.88 bits per heavy atom. The number of hydrogen-bond donors (Lipinski definition) is 2. The molecule has 2 rings (SSSR count). The number of rotatable bonds is 9. The normalized spacial score (nSPS) is 13.2. The van der Waals surface area contributed by atoms with Crippen LogP contribution in [0.4, 0.5) is 0 Å². The summed E-state index contributed by atoms with van der Waals surface area (Å²) in [6, 6.07) is 16.1. The number of carbonyl (C=O) groups is 1. The van der Waals surface area contributed by atoms with Crippen LogP contribution in [0.2, 0.25) is 5.02 Å². The number of halogens is 2. The fraction of sp³-hybridized carbons (Fsp3) is 0.350. The van der Waals surface area contributed by atoms with Crippen LogP contribution in [-0.2, 0) is 16.0 Å². The molecule has 0 aliphatic rings. The third-order valence-electron chi connectivity index (χ3n) is 4.18. The first-order chi connectivity index (χ1) is 12.5. The summed E-state index contributed by atoms with van der Waals surface area (Å²) < 4.78 is 5.08. The zero-order valence-electron chi connectivity index (χ0n) is 15.0. The van der Waals surface area contributed by atoms with E-state index in [1.807, 2.05) is 38.1 Å². The van der Waals surface area contributed by atoms with Gasteiger partial charge in [-0.15, -0.1) is 0 Å². The van der Waals surface area contributed by atoms with Gasteiger partial charge in [0.1, 0.15) is 0 Å². The Bertz CT molecular complexity index is 707. The lowest BCUT2D eigenvalue weighted by Gasteiger charge is -2.20. The Labute approximate surface area is 164 Å². The van der Waals surface area contributed by atoms with Gasteiger partial charge in [0.15, 0.2) is 0 Å². The van der Waals surface area contributed by atoms with Crippen molar-refractivity contribution in [2.45, 2.75) is 32.7 Å². The lowest BCUT2D eigenvalue weighted by Crippen LogP contribution is -2.39. The van der Waals surface area contributed by atoms with Gasteiger partial charge in [-0.25, -0.2) is 5.43 Å². The average Bonchev–Trinajstić information content (AvgIpc) is 2.62. The highest BCUT2D eigenvalue weighted by molar-refractivity contribution is 6.30. The first kappa shape index (κ1) is 20.7. The average molecular weight is 395 g/mol. The number of nitrogens with one attached hydrogen (secondary N) is 2. The molecule has 2 aromatic rings. The largest absolute Gasteiger partial charge is 0.466 e. The van der Waals surface area contributed by atoms with Crippen molar-refractivity contribution in [2.75, 3.05) is 6.61 Å². The molecule has 0 aliphatic carbocycles. The molecule has 0 heterocycles. The molecule has 0 bridgehead atoms. The van der Waals surface area contributed by atoms with Crippen LogP contribution >= 0.6 is 23.4 Å². The maximum absolute atomic E-state index is 11.9. The lowest BCUT2D eigenvalue weighted by molar-refractivity contribution is -0.147. The monoisotopic (exact) mass is 394 g/mol. The second-order valence-corrected chi connectivity index (χ2v) is 6.86. The second kappa shape index (κ2) is 10.5. The number of esters is 1. The standard InChI is InChI=1S/C20H24Cl2N2O2/c1-3-26-20(25)14(2)11-19(23-24-22)12-15-7-9-16(10-8-15)17-5-4-6-18(21)13-17/h4-10,13-14,19,23-24H,3,11-12H2,1-2H3/t14-,19+/m1/s1. The fourth-order valence-corrected chi connectivity index (χ4v) is 3.21. The minimum absolute atomic E-state index is 0.00364. The SMILES string of the molecule is CCOC(=O)[C@H](C)C[C@@H](Cc1ccc(-c2cccc(Cl)c2)cc1)NNCl. The van der Waals surface area contributed by atoms with E-state index in [1.165, 1.54) is 0 Å². The molecular weight excluding hydrogens is 371 g/mol. The van der Waals surface area contributed by atoms with Crippen molar-refractivity contribution in [2.24, 2.45) is 5.92 Å². The molecule has 0 fully saturated rings. The van der Waals surface area contributed by atoms with E-state index >= 15 is 0 Å². The van der Waals surface area contributed by atoms with Gasteiger partial charge in [-0.05, 0) is 60.4 Å². The van der Waals surface area contributed by atoms with Crippen molar-refractivity contribution < 1.29 is 9.53 Å². The van der Waals surface area contributed by atoms with Gasteiger partial charge in [0.2, 0.25) is 0 Å². The zero-order valence-corrected chi connectivity index (χ0v) is 16.5. The summed E-state index contributed by atoms with van der Waals surface area (Å²) in [6.45, 7) is 4.06. The maximum Gasteiger partial charge on any atom is 0.308 e. The zero-order chi connectivity index (χ0) is 18.9. The third-order valence-corrected chi connectivity index (χ3v) is 4.52. The Hall–Kier alpha value is -1.59. The molecule has 0 aliphatic heterocycles. The van der Waals surface area contributed by atoms with Crippen LogP contribution in [0.1, 0.15) is 25.8 Å². The van der Waals surface area contributed by atoms with E-state index in [2.05, 4.69) is 34.6 Å². The van der Waals surface area contributed by atoms with Gasteiger partial charge in [-0.1, -0.05) is 54.9 Å². The van der Waals surface area contributed by atoms with Gasteiger partial charge in [-0.3, -0.25) is 4.79 Å². The summed E-state index contributed by atoms with van der Waals surface area (Å²) >= 11 is 11.7. The highest BCUT2D eigenvalue weighted by Gasteiger charge is 2.20. The minimum atomic E-state index is -0.205. The maximum atomic E-state index is 11.9. The summed E-state index contributed by atoms with van der Waals surface area (Å²) in [7, 11) is 0. The topological polar surface area (TPSA) is 50.4 Å². The number of carbonyl (C=O) groups excluding carboxylic acids is 1. The van der Waals surface area contributed by atoms with Gasteiger partial charge >= 0.3 is 5.97 Å². The molecule has 0 unspecified atom stereocenters. The first-order valence-electron chi connectivity index (χ1n) is 8.66. The molecule has 6 heteroatoms. The van der Waals surface area contributed by atoms with E-state index < -0.39 is 0 Å². The molecular formula is C20H24Cl2N2O2. The van der Waals surface area contributed by atoms with Crippen LogP contribution in [0, 0.1) is 5.92 Å². The fourth-order valence-electron chi connectivity index (χ4n) is 2.86. The van der Waals surface area contributed by atoms with E-state index in [1.54, 1.807) is 0 Å². The van der Waals surface area contributed by atoms with Crippen molar-refractivity contribution in [3.8, 4) is 11.1 Å². The first-order valence-corrected chi connectivity index (χ1v) is 9.41. The number of benzene rings is 2. The molecule has 4 nitrogen and oxygen atoms in total. The summed E-state index contributed by atoms with van der Waals surface area (Å²) in [5.74, 6) is -0.395. The predicted molar refractivity (Wildman–Crippen MR) is 107 cm³/mol. The van der Waals surface area contributed by atoms with Crippen LogP contribution in [-0.4, -0.2) is 18.6 Å². The number of hydrazine groups is 1. The van der Waals surface area contributed by atoms with Crippen molar-refractivity contribution >= 4 is 29.3 Å². The summed E-state index contributed by atoms with van der Waals surface area (Å²) in [4.78, 5) is 14.3. The molecule has 0 aromatic heterocycles. The Morgan fingerprint density at radius 3 is 2.50 bits per heavy atom. The van der Waals surface area contributed by atoms with Crippen LogP contribution in [0.3, 0.4) is 0 Å². The van der Waals surface area contributed by atoms with E-state index in [0.29, 0.717) is 13.0 Å². The third kappa shape index (κ3) is 6.29. The summed E-state index contributed by atoms with van der Waals surface area (Å²) in [6.07, 6.45) is 1.36. The van der Waals surface area contributed by atoms with Gasteiger partial charge in [-0.2, -0.15) is 4.94 Å². The predicted octanol–water partition coefficient (Wildman–Crippen LogP) is 4.76. The molecule has 140 valence electrons. The van der Waals surface area contributed by atoms with Crippen molar-refractivity contribution in [3.05, 3.63) is 59.1 Å². The number of ether oxygens (including phenoxy) is 1. The highest BCUT2D eigenvalue weighted by Crippen LogP contribution is 2.23. The van der Waals surface area contributed by atoms with Crippen LogP contribution in [0.15, 0.2) is 48.5 Å². The Balaban J connectivity index is 2.03. The Morgan fingerprint density at radius 1 is 1.15 bits per heavy atom. The van der Waals surface area contributed by atoms with E-state index in [0.717, 1.165) is 28.1 Å². The molecule has 0 radical (unpaired) electrons. The molecule has 2 aromatic carbocycles. The quantitative estimate of drug-likeness (QED) is 0.365. The van der Waals surface area contributed by atoms with Gasteiger partial charge in [0.05, 0.1) is 12.5 Å².